The van der Waals surface area contributed by atoms with Gasteiger partial charge in [0.1, 0.15) is 0 Å². The molecule has 0 aromatic heterocycles. The third-order valence-electron chi connectivity index (χ3n) is 5.12. The number of hydrogen-bond acceptors (Lipinski definition) is 5. The molecule has 2 unspecified atom stereocenters. The van der Waals surface area contributed by atoms with Gasteiger partial charge in [-0.15, -0.1) is 0 Å². The number of nitro groups is 1. The SMILES string of the molecule is CCCCCCCC(C)OC(C)c1cc(CNC(=O)CCCOC)ccc1[N+](=O)[O-]. The van der Waals surface area contributed by atoms with E-state index in [4.69, 9.17) is 9.47 Å². The molecule has 0 fully saturated rings. The van der Waals surface area contributed by atoms with Crippen LogP contribution in [0.5, 0.6) is 0 Å². The lowest BCUT2D eigenvalue weighted by molar-refractivity contribution is -0.386. The van der Waals surface area contributed by atoms with Crippen molar-refractivity contribution < 1.29 is 19.2 Å². The number of nitrogens with zero attached hydrogens (tertiary/aromatic N) is 1. The monoisotopic (exact) mass is 422 g/mol. The summed E-state index contributed by atoms with van der Waals surface area (Å²) in [5, 5.41) is 14.3. The largest absolute Gasteiger partial charge is 0.385 e. The van der Waals surface area contributed by atoms with E-state index < -0.39 is 6.10 Å². The molecule has 0 aliphatic heterocycles. The van der Waals surface area contributed by atoms with Crippen molar-refractivity contribution in [1.82, 2.24) is 5.32 Å². The highest BCUT2D eigenvalue weighted by molar-refractivity contribution is 5.75. The molecule has 0 aliphatic carbocycles. The van der Waals surface area contributed by atoms with Crippen LogP contribution in [0.4, 0.5) is 5.69 Å². The maximum absolute atomic E-state index is 11.9. The standard InChI is InChI=1S/C23H38N2O5/c1-5-6-7-8-9-11-18(2)30-19(3)21-16-20(13-14-22(21)25(27)28)17-24-23(26)12-10-15-29-4/h13-14,16,18-19H,5-12,15,17H2,1-4H3,(H,24,26). The number of amides is 1. The molecule has 1 amide bonds. The van der Waals surface area contributed by atoms with Crippen LogP contribution >= 0.6 is 0 Å². The van der Waals surface area contributed by atoms with E-state index >= 15 is 0 Å². The van der Waals surface area contributed by atoms with Crippen LogP contribution in [-0.2, 0) is 20.8 Å². The molecular formula is C23H38N2O5. The second-order valence-corrected chi connectivity index (χ2v) is 7.82. The van der Waals surface area contributed by atoms with E-state index in [1.54, 1.807) is 19.2 Å². The summed E-state index contributed by atoms with van der Waals surface area (Å²) in [5.74, 6) is -0.0621. The Balaban J connectivity index is 2.67. The van der Waals surface area contributed by atoms with Gasteiger partial charge in [-0.2, -0.15) is 0 Å². The summed E-state index contributed by atoms with van der Waals surface area (Å²) in [6.07, 6.45) is 7.64. The molecule has 1 aromatic carbocycles. The summed E-state index contributed by atoms with van der Waals surface area (Å²) in [6.45, 7) is 6.94. The molecule has 170 valence electrons. The Labute approximate surface area is 180 Å². The second-order valence-electron chi connectivity index (χ2n) is 7.82. The summed E-state index contributed by atoms with van der Waals surface area (Å²) in [6, 6.07) is 4.95. The molecule has 0 saturated heterocycles. The highest BCUT2D eigenvalue weighted by Gasteiger charge is 2.21. The van der Waals surface area contributed by atoms with E-state index in [1.807, 2.05) is 13.8 Å². The molecule has 7 heteroatoms. The summed E-state index contributed by atoms with van der Waals surface area (Å²) in [5.41, 5.74) is 1.41. The summed E-state index contributed by atoms with van der Waals surface area (Å²) < 4.78 is 11.0. The van der Waals surface area contributed by atoms with Crippen LogP contribution in [0, 0.1) is 10.1 Å². The van der Waals surface area contributed by atoms with Gasteiger partial charge >= 0.3 is 0 Å². The highest BCUT2D eigenvalue weighted by atomic mass is 16.6. The lowest BCUT2D eigenvalue weighted by atomic mass is 10.0. The lowest BCUT2D eigenvalue weighted by Crippen LogP contribution is -2.23. The molecule has 1 aromatic rings. The van der Waals surface area contributed by atoms with Crippen molar-refractivity contribution in [2.45, 2.75) is 90.9 Å². The average Bonchev–Trinajstić information content (AvgIpc) is 2.72. The van der Waals surface area contributed by atoms with Gasteiger partial charge in [0.25, 0.3) is 5.69 Å². The number of unbranched alkanes of at least 4 members (excludes halogenated alkanes) is 4. The Morgan fingerprint density at radius 1 is 1.17 bits per heavy atom. The van der Waals surface area contributed by atoms with E-state index in [9.17, 15) is 14.9 Å². The second kappa shape index (κ2) is 14.9. The quantitative estimate of drug-likeness (QED) is 0.217. The summed E-state index contributed by atoms with van der Waals surface area (Å²) in [4.78, 5) is 23.0. The Hall–Kier alpha value is -1.99. The maximum Gasteiger partial charge on any atom is 0.275 e. The molecule has 0 aliphatic rings. The van der Waals surface area contributed by atoms with Crippen molar-refractivity contribution in [1.29, 1.82) is 0 Å². The number of methoxy groups -OCH3 is 1. The topological polar surface area (TPSA) is 90.7 Å². The van der Waals surface area contributed by atoms with Crippen molar-refractivity contribution in [2.24, 2.45) is 0 Å². The smallest absolute Gasteiger partial charge is 0.275 e. The van der Waals surface area contributed by atoms with Crippen molar-refractivity contribution >= 4 is 11.6 Å². The fourth-order valence-corrected chi connectivity index (χ4v) is 3.40. The molecule has 0 saturated carbocycles. The third kappa shape index (κ3) is 10.2. The number of carbonyl (C=O) groups is 1. The van der Waals surface area contributed by atoms with Gasteiger partial charge in [0.05, 0.1) is 22.7 Å². The number of nitrogens with one attached hydrogen (secondary N) is 1. The van der Waals surface area contributed by atoms with Crippen molar-refractivity contribution in [3.63, 3.8) is 0 Å². The van der Waals surface area contributed by atoms with Crippen molar-refractivity contribution in [3.05, 3.63) is 39.4 Å². The van der Waals surface area contributed by atoms with Gasteiger partial charge in [0.2, 0.25) is 5.91 Å². The van der Waals surface area contributed by atoms with Gasteiger partial charge in [0, 0.05) is 32.7 Å². The van der Waals surface area contributed by atoms with Gasteiger partial charge in [-0.3, -0.25) is 14.9 Å². The number of nitro benzene ring substituents is 1. The van der Waals surface area contributed by atoms with Gasteiger partial charge in [-0.05, 0) is 38.3 Å². The van der Waals surface area contributed by atoms with Crippen molar-refractivity contribution in [2.75, 3.05) is 13.7 Å². The minimum absolute atomic E-state index is 0.0328. The molecule has 30 heavy (non-hydrogen) atoms. The highest BCUT2D eigenvalue weighted by Crippen LogP contribution is 2.30. The van der Waals surface area contributed by atoms with Gasteiger partial charge < -0.3 is 14.8 Å². The molecule has 2 atom stereocenters. The molecule has 1 rings (SSSR count). The normalized spacial score (nSPS) is 13.1. The van der Waals surface area contributed by atoms with Crippen molar-refractivity contribution in [3.8, 4) is 0 Å². The molecule has 0 spiro atoms. The molecule has 0 bridgehead atoms. The van der Waals surface area contributed by atoms with Crippen LogP contribution < -0.4 is 5.32 Å². The zero-order valence-electron chi connectivity index (χ0n) is 18.9. The van der Waals surface area contributed by atoms with Gasteiger partial charge in [0.15, 0.2) is 0 Å². The predicted molar refractivity (Wildman–Crippen MR) is 118 cm³/mol. The molecule has 0 heterocycles. The Kier molecular flexibility index (Phi) is 12.9. The summed E-state index contributed by atoms with van der Waals surface area (Å²) >= 11 is 0. The Morgan fingerprint density at radius 3 is 2.57 bits per heavy atom. The Bertz CT molecular complexity index is 650. The number of rotatable bonds is 16. The van der Waals surface area contributed by atoms with E-state index in [1.165, 1.54) is 31.7 Å². The molecule has 1 N–H and O–H groups in total. The number of benzene rings is 1. The zero-order valence-corrected chi connectivity index (χ0v) is 18.9. The number of ether oxygens (including phenoxy) is 2. The first-order valence-electron chi connectivity index (χ1n) is 11.1. The fraction of sp³-hybridized carbons (Fsp3) is 0.696. The first kappa shape index (κ1) is 26.0. The van der Waals surface area contributed by atoms with E-state index in [2.05, 4.69) is 12.2 Å². The average molecular weight is 423 g/mol. The van der Waals surface area contributed by atoms with E-state index in [0.717, 1.165) is 18.4 Å². The van der Waals surface area contributed by atoms with Crippen LogP contribution in [0.1, 0.15) is 89.4 Å². The van der Waals surface area contributed by atoms with E-state index in [-0.39, 0.29) is 22.6 Å². The lowest BCUT2D eigenvalue weighted by Gasteiger charge is -2.20. The number of carbonyl (C=O) groups excluding carboxylic acids is 1. The zero-order chi connectivity index (χ0) is 22.4. The van der Waals surface area contributed by atoms with Crippen LogP contribution in [0.15, 0.2) is 18.2 Å². The third-order valence-corrected chi connectivity index (χ3v) is 5.12. The van der Waals surface area contributed by atoms with Crippen LogP contribution in [0.2, 0.25) is 0 Å². The predicted octanol–water partition coefficient (Wildman–Crippen LogP) is 5.46. The first-order valence-corrected chi connectivity index (χ1v) is 11.1. The minimum Gasteiger partial charge on any atom is -0.385 e. The molecular weight excluding hydrogens is 384 g/mol. The van der Waals surface area contributed by atoms with E-state index in [0.29, 0.717) is 31.6 Å². The fourth-order valence-electron chi connectivity index (χ4n) is 3.40. The van der Waals surface area contributed by atoms with Gasteiger partial charge in [-0.25, -0.2) is 0 Å². The summed E-state index contributed by atoms with van der Waals surface area (Å²) in [7, 11) is 1.60. The molecule has 7 nitrogen and oxygen atoms in total. The van der Waals surface area contributed by atoms with Crippen LogP contribution in [0.3, 0.4) is 0 Å². The first-order chi connectivity index (χ1) is 14.4. The Morgan fingerprint density at radius 2 is 1.90 bits per heavy atom. The maximum atomic E-state index is 11.9. The number of hydrogen-bond donors (Lipinski definition) is 1. The van der Waals surface area contributed by atoms with Crippen LogP contribution in [0.25, 0.3) is 0 Å². The van der Waals surface area contributed by atoms with Crippen LogP contribution in [-0.4, -0.2) is 30.7 Å². The molecule has 0 radical (unpaired) electrons. The minimum atomic E-state index is -0.395. The van der Waals surface area contributed by atoms with Gasteiger partial charge in [-0.1, -0.05) is 45.1 Å².